The molecule has 0 heterocycles. The monoisotopic (exact) mass is 550 g/mol. The van der Waals surface area contributed by atoms with Crippen LogP contribution in [0.2, 0.25) is 0 Å². The van der Waals surface area contributed by atoms with Gasteiger partial charge >= 0.3 is 0 Å². The van der Waals surface area contributed by atoms with E-state index in [0.29, 0.717) is 0 Å². The van der Waals surface area contributed by atoms with E-state index in [4.69, 9.17) is 9.47 Å². The van der Waals surface area contributed by atoms with Crippen molar-refractivity contribution in [1.82, 2.24) is 0 Å². The Morgan fingerprint density at radius 1 is 0.429 bits per heavy atom. The third-order valence-electron chi connectivity index (χ3n) is 7.60. The van der Waals surface area contributed by atoms with Crippen LogP contribution in [-0.2, 0) is 0 Å². The van der Waals surface area contributed by atoms with Crippen LogP contribution in [0, 0.1) is 0 Å². The molecular formula is C38H34N2O2. The summed E-state index contributed by atoms with van der Waals surface area (Å²) in [5.41, 5.74) is 9.41. The molecule has 4 heteroatoms. The Kier molecular flexibility index (Phi) is 8.05. The molecule has 0 saturated heterocycles. The molecule has 0 bridgehead atoms. The van der Waals surface area contributed by atoms with E-state index < -0.39 is 0 Å². The summed E-state index contributed by atoms with van der Waals surface area (Å²) in [5.74, 6) is 1.70. The first-order valence-corrected chi connectivity index (χ1v) is 14.2. The molecular weight excluding hydrogens is 516 g/mol. The minimum absolute atomic E-state index is 0.844. The van der Waals surface area contributed by atoms with Gasteiger partial charge in [-0.25, -0.2) is 0 Å². The molecule has 0 aromatic heterocycles. The molecule has 0 N–H and O–H groups in total. The zero-order valence-electron chi connectivity index (χ0n) is 24.0. The molecule has 208 valence electrons. The standard InChI is InChI=1S/C38H34N2O2/c1-41-37-25-21-35(22-26-37)39(31-9-5-3-6-10-31)33-17-13-29(14-18-33)30-15-19-34(20-16-30)40(32-11-7-4-8-12-32)36-23-27-38(42-2)28-24-36/h3-15,17-19,21-28H,16,20H2,1-2H3. The van der Waals surface area contributed by atoms with Gasteiger partial charge in [0.1, 0.15) is 11.5 Å². The summed E-state index contributed by atoms with van der Waals surface area (Å²) < 4.78 is 10.8. The summed E-state index contributed by atoms with van der Waals surface area (Å²) in [5, 5.41) is 0. The summed E-state index contributed by atoms with van der Waals surface area (Å²) in [7, 11) is 3.39. The number of hydrogen-bond donors (Lipinski definition) is 0. The maximum Gasteiger partial charge on any atom is 0.119 e. The highest BCUT2D eigenvalue weighted by molar-refractivity contribution is 5.79. The second kappa shape index (κ2) is 12.5. The molecule has 5 aromatic carbocycles. The summed E-state index contributed by atoms with van der Waals surface area (Å²) in [6.07, 6.45) is 6.44. The van der Waals surface area contributed by atoms with Crippen LogP contribution in [-0.4, -0.2) is 14.2 Å². The van der Waals surface area contributed by atoms with Crippen LogP contribution in [0.3, 0.4) is 0 Å². The van der Waals surface area contributed by atoms with Crippen LogP contribution in [0.4, 0.5) is 28.4 Å². The number of nitrogens with zero attached hydrogens (tertiary/aromatic N) is 2. The minimum Gasteiger partial charge on any atom is -0.497 e. The van der Waals surface area contributed by atoms with Gasteiger partial charge in [-0.15, -0.1) is 0 Å². The van der Waals surface area contributed by atoms with E-state index in [2.05, 4.69) is 125 Å². The number of hydrogen-bond acceptors (Lipinski definition) is 4. The van der Waals surface area contributed by atoms with Gasteiger partial charge in [-0.2, -0.15) is 0 Å². The summed E-state index contributed by atoms with van der Waals surface area (Å²) in [4.78, 5) is 4.60. The van der Waals surface area contributed by atoms with Gasteiger partial charge in [-0.1, -0.05) is 54.6 Å². The molecule has 0 unspecified atom stereocenters. The fraction of sp³-hybridized carbons (Fsp3) is 0.105. The van der Waals surface area contributed by atoms with Gasteiger partial charge in [0.25, 0.3) is 0 Å². The molecule has 5 aromatic rings. The lowest BCUT2D eigenvalue weighted by molar-refractivity contribution is 0.414. The van der Waals surface area contributed by atoms with Crippen molar-refractivity contribution in [2.45, 2.75) is 12.8 Å². The van der Waals surface area contributed by atoms with Crippen LogP contribution in [0.15, 0.2) is 151 Å². The zero-order valence-corrected chi connectivity index (χ0v) is 24.0. The number of rotatable bonds is 9. The largest absolute Gasteiger partial charge is 0.497 e. The van der Waals surface area contributed by atoms with Gasteiger partial charge in [0.2, 0.25) is 0 Å². The quantitative estimate of drug-likeness (QED) is 0.182. The Hall–Kier alpha value is -5.22. The van der Waals surface area contributed by atoms with Crippen LogP contribution >= 0.6 is 0 Å². The Balaban J connectivity index is 1.29. The maximum absolute atomic E-state index is 5.40. The fourth-order valence-electron chi connectivity index (χ4n) is 5.42. The van der Waals surface area contributed by atoms with E-state index in [0.717, 1.165) is 52.8 Å². The fourth-order valence-corrected chi connectivity index (χ4v) is 5.42. The van der Waals surface area contributed by atoms with Crippen LogP contribution < -0.4 is 19.3 Å². The summed E-state index contributed by atoms with van der Waals surface area (Å²) in [6, 6.07) is 46.3. The average molecular weight is 551 g/mol. The number of anilines is 5. The van der Waals surface area contributed by atoms with Crippen molar-refractivity contribution in [2.75, 3.05) is 24.0 Å². The Morgan fingerprint density at radius 2 is 0.857 bits per heavy atom. The summed E-state index contributed by atoms with van der Waals surface area (Å²) in [6.45, 7) is 0. The highest BCUT2D eigenvalue weighted by Gasteiger charge is 2.19. The zero-order chi connectivity index (χ0) is 28.7. The van der Waals surface area contributed by atoms with E-state index in [1.54, 1.807) is 14.2 Å². The van der Waals surface area contributed by atoms with Crippen molar-refractivity contribution in [3.05, 3.63) is 157 Å². The third kappa shape index (κ3) is 5.79. The van der Waals surface area contributed by atoms with Gasteiger partial charge in [0, 0.05) is 34.1 Å². The Labute approximate surface area is 248 Å². The van der Waals surface area contributed by atoms with Crippen molar-refractivity contribution in [3.63, 3.8) is 0 Å². The molecule has 4 nitrogen and oxygen atoms in total. The minimum atomic E-state index is 0.844. The predicted molar refractivity (Wildman–Crippen MR) is 175 cm³/mol. The highest BCUT2D eigenvalue weighted by Crippen LogP contribution is 2.39. The SMILES string of the molecule is COc1ccc(N(C2=CC=C(c3ccc(N(c4ccccc4)c4ccc(OC)cc4)cc3)CC2)c2ccccc2)cc1. The van der Waals surface area contributed by atoms with Crippen molar-refractivity contribution in [2.24, 2.45) is 0 Å². The average Bonchev–Trinajstić information content (AvgIpc) is 3.07. The molecule has 0 atom stereocenters. The second-order valence-corrected chi connectivity index (χ2v) is 10.1. The first kappa shape index (κ1) is 27.0. The van der Waals surface area contributed by atoms with Crippen LogP contribution in [0.25, 0.3) is 5.57 Å². The lowest BCUT2D eigenvalue weighted by Gasteiger charge is -2.30. The number of ether oxygens (including phenoxy) is 2. The predicted octanol–water partition coefficient (Wildman–Crippen LogP) is 10.1. The van der Waals surface area contributed by atoms with E-state index in [-0.39, 0.29) is 0 Å². The van der Waals surface area contributed by atoms with Crippen molar-refractivity contribution >= 4 is 34.0 Å². The van der Waals surface area contributed by atoms with E-state index in [1.807, 2.05) is 30.3 Å². The van der Waals surface area contributed by atoms with Gasteiger partial charge in [-0.3, -0.25) is 0 Å². The lowest BCUT2D eigenvalue weighted by Crippen LogP contribution is -2.17. The molecule has 42 heavy (non-hydrogen) atoms. The van der Waals surface area contributed by atoms with Gasteiger partial charge in [0.15, 0.2) is 0 Å². The van der Waals surface area contributed by atoms with Crippen molar-refractivity contribution in [3.8, 4) is 11.5 Å². The Morgan fingerprint density at radius 3 is 1.31 bits per heavy atom. The van der Waals surface area contributed by atoms with Gasteiger partial charge in [-0.05, 0) is 115 Å². The molecule has 0 aliphatic heterocycles. The third-order valence-corrected chi connectivity index (χ3v) is 7.60. The van der Waals surface area contributed by atoms with Crippen LogP contribution in [0.1, 0.15) is 18.4 Å². The number of para-hydroxylation sites is 2. The van der Waals surface area contributed by atoms with Crippen molar-refractivity contribution < 1.29 is 9.47 Å². The van der Waals surface area contributed by atoms with E-state index in [1.165, 1.54) is 16.8 Å². The first-order valence-electron chi connectivity index (χ1n) is 14.2. The lowest BCUT2D eigenvalue weighted by atomic mass is 9.94. The normalized spacial score (nSPS) is 12.6. The van der Waals surface area contributed by atoms with Crippen molar-refractivity contribution in [1.29, 1.82) is 0 Å². The molecule has 0 saturated carbocycles. The number of benzene rings is 5. The van der Waals surface area contributed by atoms with E-state index in [9.17, 15) is 0 Å². The molecule has 0 amide bonds. The highest BCUT2D eigenvalue weighted by atomic mass is 16.5. The molecule has 0 radical (unpaired) electrons. The first-order chi connectivity index (χ1) is 20.7. The molecule has 0 spiro atoms. The second-order valence-electron chi connectivity index (χ2n) is 10.1. The van der Waals surface area contributed by atoms with Gasteiger partial charge < -0.3 is 19.3 Å². The van der Waals surface area contributed by atoms with E-state index >= 15 is 0 Å². The molecule has 0 fully saturated rings. The van der Waals surface area contributed by atoms with Gasteiger partial charge in [0.05, 0.1) is 14.2 Å². The van der Waals surface area contributed by atoms with Crippen LogP contribution in [0.5, 0.6) is 11.5 Å². The number of methoxy groups -OCH3 is 2. The molecule has 1 aliphatic carbocycles. The smallest absolute Gasteiger partial charge is 0.119 e. The molecule has 1 aliphatic rings. The summed E-state index contributed by atoms with van der Waals surface area (Å²) >= 11 is 0. The topological polar surface area (TPSA) is 24.9 Å². The number of allylic oxidation sites excluding steroid dienone is 4. The molecule has 6 rings (SSSR count). The maximum atomic E-state index is 5.40. The Bertz CT molecular complexity index is 1660.